The second-order valence-corrected chi connectivity index (χ2v) is 10.4. The smallest absolute Gasteiger partial charge is 0.352 e. The number of rotatable bonds is 10. The number of thioether (sulfide) groups is 2. The molecule has 168 valence electrons. The normalized spacial score (nSPS) is 21.4. The summed E-state index contributed by atoms with van der Waals surface area (Å²) < 4.78 is 0.726. The number of hydrogen-bond donors (Lipinski definition) is 4. The van der Waals surface area contributed by atoms with E-state index >= 15 is 0 Å². The van der Waals surface area contributed by atoms with Gasteiger partial charge in [0.15, 0.2) is 4.34 Å². The lowest BCUT2D eigenvalue weighted by Crippen LogP contribution is -2.70. The van der Waals surface area contributed by atoms with E-state index in [2.05, 4.69) is 15.5 Å². The second kappa shape index (κ2) is 9.97. The molecule has 3 heterocycles. The second-order valence-electron chi connectivity index (χ2n) is 6.92. The number of aromatic nitrogens is 2. The van der Waals surface area contributed by atoms with Gasteiger partial charge in [0.25, 0.3) is 5.91 Å². The van der Waals surface area contributed by atoms with Crippen molar-refractivity contribution >= 4 is 58.6 Å². The summed E-state index contributed by atoms with van der Waals surface area (Å²) in [6.45, 7) is 1.83. The molecular formula is C17H21N5O6S3. The quantitative estimate of drug-likeness (QED) is 0.263. The van der Waals surface area contributed by atoms with Gasteiger partial charge >= 0.3 is 11.9 Å². The minimum absolute atomic E-state index is 0.0347. The molecule has 2 aliphatic heterocycles. The van der Waals surface area contributed by atoms with E-state index in [0.717, 1.165) is 9.35 Å². The fraction of sp³-hybridized carbons (Fsp3) is 0.529. The molecule has 2 amide bonds. The highest BCUT2D eigenvalue weighted by Crippen LogP contribution is 2.41. The monoisotopic (exact) mass is 487 g/mol. The fourth-order valence-corrected chi connectivity index (χ4v) is 6.43. The Hall–Kier alpha value is -2.16. The van der Waals surface area contributed by atoms with Gasteiger partial charge in [-0.3, -0.25) is 19.3 Å². The van der Waals surface area contributed by atoms with E-state index in [-0.39, 0.29) is 25.0 Å². The first-order chi connectivity index (χ1) is 14.7. The summed E-state index contributed by atoms with van der Waals surface area (Å²) in [5, 5.41) is 29.3. The molecule has 3 unspecified atom stereocenters. The molecule has 2 aliphatic rings. The van der Waals surface area contributed by atoms with Crippen molar-refractivity contribution in [2.45, 2.75) is 48.0 Å². The van der Waals surface area contributed by atoms with Gasteiger partial charge in [-0.15, -0.1) is 22.0 Å². The molecule has 31 heavy (non-hydrogen) atoms. The van der Waals surface area contributed by atoms with Crippen molar-refractivity contribution in [3.8, 4) is 0 Å². The van der Waals surface area contributed by atoms with Crippen molar-refractivity contribution in [2.24, 2.45) is 5.73 Å². The number of fused-ring (bicyclic) bond motifs is 1. The zero-order valence-electron chi connectivity index (χ0n) is 16.4. The van der Waals surface area contributed by atoms with E-state index in [9.17, 15) is 24.3 Å². The zero-order chi connectivity index (χ0) is 22.7. The minimum Gasteiger partial charge on any atom is -0.480 e. The van der Waals surface area contributed by atoms with E-state index in [1.54, 1.807) is 0 Å². The highest BCUT2D eigenvalue weighted by molar-refractivity contribution is 8.01. The number of carbonyl (C=O) groups is 4. The molecule has 0 aromatic carbocycles. The molecule has 1 saturated heterocycles. The van der Waals surface area contributed by atoms with Gasteiger partial charge in [-0.1, -0.05) is 23.1 Å². The van der Waals surface area contributed by atoms with Gasteiger partial charge in [0, 0.05) is 17.9 Å². The maximum atomic E-state index is 12.6. The van der Waals surface area contributed by atoms with Crippen molar-refractivity contribution in [3.63, 3.8) is 0 Å². The highest BCUT2D eigenvalue weighted by Gasteiger charge is 2.54. The third-order valence-electron chi connectivity index (χ3n) is 4.68. The van der Waals surface area contributed by atoms with E-state index in [1.165, 1.54) is 39.8 Å². The topological polar surface area (TPSA) is 176 Å². The van der Waals surface area contributed by atoms with Gasteiger partial charge in [0.2, 0.25) is 5.91 Å². The number of carboxylic acids is 2. The van der Waals surface area contributed by atoms with Gasteiger partial charge in [-0.05, 0) is 25.3 Å². The van der Waals surface area contributed by atoms with Crippen LogP contribution in [0.2, 0.25) is 0 Å². The van der Waals surface area contributed by atoms with Gasteiger partial charge in [0.1, 0.15) is 28.2 Å². The van der Waals surface area contributed by atoms with Crippen LogP contribution in [0.1, 0.15) is 24.3 Å². The lowest BCUT2D eigenvalue weighted by molar-refractivity contribution is -0.150. The third-order valence-corrected chi connectivity index (χ3v) is 8.08. The largest absolute Gasteiger partial charge is 0.480 e. The van der Waals surface area contributed by atoms with Crippen LogP contribution in [0, 0.1) is 6.92 Å². The first-order valence-electron chi connectivity index (χ1n) is 9.29. The maximum absolute atomic E-state index is 12.6. The summed E-state index contributed by atoms with van der Waals surface area (Å²) in [4.78, 5) is 48.6. The molecule has 1 fully saturated rings. The molecule has 14 heteroatoms. The number of nitrogens with one attached hydrogen (secondary N) is 1. The van der Waals surface area contributed by atoms with E-state index in [0.29, 0.717) is 17.1 Å². The van der Waals surface area contributed by atoms with Crippen molar-refractivity contribution in [2.75, 3.05) is 11.5 Å². The van der Waals surface area contributed by atoms with Gasteiger partial charge in [-0.2, -0.15) is 0 Å². The predicted octanol–water partition coefficient (Wildman–Crippen LogP) is 0.259. The third kappa shape index (κ3) is 5.37. The number of hydrogen-bond acceptors (Lipinski definition) is 10. The van der Waals surface area contributed by atoms with Gasteiger partial charge in [0.05, 0.1) is 0 Å². The Kier molecular flexibility index (Phi) is 7.56. The summed E-state index contributed by atoms with van der Waals surface area (Å²) in [6, 6.07) is -1.84. The molecule has 5 N–H and O–H groups in total. The Labute approximate surface area is 189 Å². The van der Waals surface area contributed by atoms with Crippen molar-refractivity contribution in [1.82, 2.24) is 20.4 Å². The standard InChI is InChI=1S/C17H21N5O6S3/c1-7-20-21-17(31-7)30-6-8-5-29-14-11(13(24)22(14)12(8)16(27)28)19-10(23)4-2-3-9(18)15(25)26/h9,11,14H,2-6,18H2,1H3,(H,19,23)(H,25,26)(H,27,28). The summed E-state index contributed by atoms with van der Waals surface area (Å²) in [5.74, 6) is -2.40. The average Bonchev–Trinajstić information content (AvgIpc) is 3.14. The van der Waals surface area contributed by atoms with Crippen LogP contribution in [0.4, 0.5) is 0 Å². The van der Waals surface area contributed by atoms with Crippen LogP contribution in [0.15, 0.2) is 15.6 Å². The van der Waals surface area contributed by atoms with Crippen LogP contribution in [-0.2, 0) is 19.2 Å². The molecule has 3 atom stereocenters. The SMILES string of the molecule is Cc1nnc(SCC2=C(C(=O)O)N3C(=O)C(NC(=O)CCCC(N)C(=O)O)C3SC2)s1. The Morgan fingerprint density at radius 3 is 2.71 bits per heavy atom. The first kappa shape index (κ1) is 23.5. The number of amides is 2. The van der Waals surface area contributed by atoms with E-state index < -0.39 is 41.2 Å². The number of aryl methyl sites for hydroxylation is 1. The number of carbonyl (C=O) groups excluding carboxylic acids is 2. The molecule has 0 spiro atoms. The summed E-state index contributed by atoms with van der Waals surface area (Å²) >= 11 is 4.18. The number of aliphatic carboxylic acids is 2. The summed E-state index contributed by atoms with van der Waals surface area (Å²) in [5.41, 5.74) is 5.98. The molecule has 1 aromatic heterocycles. The van der Waals surface area contributed by atoms with Crippen molar-refractivity contribution < 1.29 is 29.4 Å². The Bertz CT molecular complexity index is 935. The first-order valence-corrected chi connectivity index (χ1v) is 12.1. The number of carboxylic acid groups (broad SMARTS) is 2. The van der Waals surface area contributed by atoms with Crippen LogP contribution in [0.3, 0.4) is 0 Å². The van der Waals surface area contributed by atoms with Crippen LogP contribution in [0.5, 0.6) is 0 Å². The van der Waals surface area contributed by atoms with Crippen LogP contribution >= 0.6 is 34.9 Å². The molecular weight excluding hydrogens is 466 g/mol. The summed E-state index contributed by atoms with van der Waals surface area (Å²) in [6.07, 6.45) is 0.453. The molecule has 11 nitrogen and oxygen atoms in total. The van der Waals surface area contributed by atoms with Crippen LogP contribution in [0.25, 0.3) is 0 Å². The van der Waals surface area contributed by atoms with E-state index in [4.69, 9.17) is 10.8 Å². The molecule has 0 saturated carbocycles. The molecule has 3 rings (SSSR count). The zero-order valence-corrected chi connectivity index (χ0v) is 18.9. The van der Waals surface area contributed by atoms with Gasteiger partial charge in [-0.25, -0.2) is 4.79 Å². The molecule has 1 aromatic rings. The van der Waals surface area contributed by atoms with E-state index in [1.807, 2.05) is 6.92 Å². The number of β-lactam (4-membered cyclic amide) rings is 1. The fourth-order valence-electron chi connectivity index (χ4n) is 3.13. The number of nitrogens with two attached hydrogens (primary N) is 1. The average molecular weight is 488 g/mol. The Morgan fingerprint density at radius 1 is 1.35 bits per heavy atom. The molecule has 0 aliphatic carbocycles. The molecule has 0 radical (unpaired) electrons. The lowest BCUT2D eigenvalue weighted by Gasteiger charge is -2.49. The van der Waals surface area contributed by atoms with Crippen molar-refractivity contribution in [1.29, 1.82) is 0 Å². The van der Waals surface area contributed by atoms with Crippen molar-refractivity contribution in [3.05, 3.63) is 16.3 Å². The molecule has 0 bridgehead atoms. The Balaban J connectivity index is 1.59. The summed E-state index contributed by atoms with van der Waals surface area (Å²) in [7, 11) is 0. The Morgan fingerprint density at radius 2 is 2.10 bits per heavy atom. The van der Waals surface area contributed by atoms with Crippen LogP contribution < -0.4 is 11.1 Å². The van der Waals surface area contributed by atoms with Gasteiger partial charge < -0.3 is 21.3 Å². The van der Waals surface area contributed by atoms with Crippen LogP contribution in [-0.4, -0.2) is 78.0 Å². The predicted molar refractivity (Wildman–Crippen MR) is 115 cm³/mol. The highest BCUT2D eigenvalue weighted by atomic mass is 32.2. The lowest BCUT2D eigenvalue weighted by atomic mass is 10.0. The minimum atomic E-state index is -1.19. The maximum Gasteiger partial charge on any atom is 0.352 e. The number of nitrogens with zero attached hydrogens (tertiary/aromatic N) is 3.